The van der Waals surface area contributed by atoms with Gasteiger partial charge in [0.15, 0.2) is 6.29 Å². The van der Waals surface area contributed by atoms with Gasteiger partial charge < -0.3 is 49.6 Å². The molecule has 3 heterocycles. The fraction of sp³-hybridized carbons (Fsp3) is 0.440. The molecule has 0 bridgehead atoms. The first-order valence-corrected chi connectivity index (χ1v) is 11.5. The van der Waals surface area contributed by atoms with E-state index in [9.17, 15) is 40.2 Å². The first-order valence-electron chi connectivity index (χ1n) is 11.5. The van der Waals surface area contributed by atoms with Gasteiger partial charge in [-0.1, -0.05) is 36.4 Å². The Bertz CT molecular complexity index is 1080. The molecule has 6 N–H and O–H groups in total. The first-order chi connectivity index (χ1) is 17.7. The number of carbonyl (C=O) groups excluding carboxylic acids is 1. The van der Waals surface area contributed by atoms with E-state index in [1.165, 1.54) is 6.08 Å². The van der Waals surface area contributed by atoms with E-state index in [1.807, 2.05) is 0 Å². The summed E-state index contributed by atoms with van der Waals surface area (Å²) < 4.78 is 22.2. The molecule has 0 radical (unpaired) electrons. The van der Waals surface area contributed by atoms with Crippen molar-refractivity contribution in [3.63, 3.8) is 0 Å². The molecule has 3 aliphatic heterocycles. The number of aliphatic hydroxyl groups is 5. The average molecular weight is 520 g/mol. The average Bonchev–Trinajstić information content (AvgIpc) is 2.89. The van der Waals surface area contributed by atoms with Crippen molar-refractivity contribution in [1.82, 2.24) is 0 Å². The Labute approximate surface area is 211 Å². The number of rotatable bonds is 7. The fourth-order valence-corrected chi connectivity index (χ4v) is 4.77. The van der Waals surface area contributed by atoms with Gasteiger partial charge in [-0.2, -0.15) is 0 Å². The lowest BCUT2D eigenvalue weighted by Gasteiger charge is -2.44. The monoisotopic (exact) mass is 520 g/mol. The summed E-state index contributed by atoms with van der Waals surface area (Å²) in [5.74, 6) is -4.74. The molecule has 0 aromatic heterocycles. The third-order valence-electron chi connectivity index (χ3n) is 6.71. The normalized spacial score (nSPS) is 36.3. The highest BCUT2D eigenvalue weighted by molar-refractivity contribution is 5.97. The molecule has 2 fully saturated rings. The van der Waals surface area contributed by atoms with Crippen LogP contribution in [0, 0.1) is 11.8 Å². The van der Waals surface area contributed by atoms with E-state index in [4.69, 9.17) is 18.9 Å². The lowest BCUT2D eigenvalue weighted by atomic mass is 9.76. The maximum absolute atomic E-state index is 12.9. The predicted molar refractivity (Wildman–Crippen MR) is 123 cm³/mol. The lowest BCUT2D eigenvalue weighted by Crippen LogP contribution is -2.60. The minimum Gasteiger partial charge on any atom is -0.502 e. The number of aliphatic hydroxyl groups excluding tert-OH is 5. The Morgan fingerprint density at radius 1 is 1.08 bits per heavy atom. The highest BCUT2D eigenvalue weighted by Gasteiger charge is 2.49. The van der Waals surface area contributed by atoms with Gasteiger partial charge in [-0.05, 0) is 12.0 Å². The van der Waals surface area contributed by atoms with E-state index in [1.54, 1.807) is 30.3 Å². The summed E-state index contributed by atoms with van der Waals surface area (Å²) in [6.45, 7) is 3.14. The Morgan fingerprint density at radius 2 is 1.78 bits per heavy atom. The van der Waals surface area contributed by atoms with Crippen LogP contribution < -0.4 is 0 Å². The summed E-state index contributed by atoms with van der Waals surface area (Å²) in [5, 5.41) is 59.7. The van der Waals surface area contributed by atoms with Gasteiger partial charge in [-0.3, -0.25) is 0 Å². The maximum Gasteiger partial charge on any atom is 0.371 e. The van der Waals surface area contributed by atoms with Gasteiger partial charge in [-0.25, -0.2) is 9.59 Å². The summed E-state index contributed by atoms with van der Waals surface area (Å²) in [6, 6.07) is 8.15. The van der Waals surface area contributed by atoms with Crippen molar-refractivity contribution >= 4 is 17.5 Å². The van der Waals surface area contributed by atoms with Crippen molar-refractivity contribution in [2.24, 2.45) is 11.8 Å². The Hall–Kier alpha value is -3.26. The summed E-state index contributed by atoms with van der Waals surface area (Å²) in [4.78, 5) is 24.5. The molecule has 2 saturated heterocycles. The van der Waals surface area contributed by atoms with Crippen molar-refractivity contribution in [1.29, 1.82) is 0 Å². The van der Waals surface area contributed by atoms with Crippen LogP contribution in [-0.2, 0) is 28.5 Å². The van der Waals surface area contributed by atoms with Crippen LogP contribution in [0.1, 0.15) is 12.0 Å². The standard InChI is InChI=1S/C25H28O12/c1-2-12-13-8-15(17(19(28)22(31)32)11-6-4-3-5-7-11)35-23(33)14(13)10-34-24(12)37-25-21(30)20(29)18(27)16(9-26)36-25/h2-7,10,12-13,15-16,18,20-21,24-30H,1,8-9H2,(H,31,32)/b19-17+/t12-,13+,15-,16-,18-,20+,21-,24+,25+/m1/s1. The van der Waals surface area contributed by atoms with Crippen molar-refractivity contribution in [3.05, 3.63) is 66.1 Å². The zero-order valence-corrected chi connectivity index (χ0v) is 19.5. The summed E-state index contributed by atoms with van der Waals surface area (Å²) in [5.41, 5.74) is 0.405. The predicted octanol–water partition coefficient (Wildman–Crippen LogP) is -0.169. The van der Waals surface area contributed by atoms with Crippen LogP contribution in [-0.4, -0.2) is 92.3 Å². The highest BCUT2D eigenvalue weighted by Crippen LogP contribution is 2.43. The number of cyclic esters (lactones) is 1. The van der Waals surface area contributed by atoms with E-state index in [2.05, 4.69) is 6.58 Å². The second kappa shape index (κ2) is 11.0. The van der Waals surface area contributed by atoms with Gasteiger partial charge in [0.2, 0.25) is 12.0 Å². The molecule has 12 heteroatoms. The lowest BCUT2D eigenvalue weighted by molar-refractivity contribution is -0.339. The number of fused-ring (bicyclic) bond motifs is 1. The van der Waals surface area contributed by atoms with Crippen LogP contribution in [0.25, 0.3) is 5.57 Å². The zero-order valence-electron chi connectivity index (χ0n) is 19.5. The SMILES string of the molecule is C=C[C@H]1[C@H](O[C@@H]2O[C@H](CO)[C@@H](O)[C@H](O)[C@H]2O)OC=C2C(=O)O[C@@H](/C(=C(/O)C(=O)O)c3ccccc3)C[C@H]21. The van der Waals surface area contributed by atoms with Gasteiger partial charge in [0.25, 0.3) is 0 Å². The maximum atomic E-state index is 12.9. The van der Waals surface area contributed by atoms with Gasteiger partial charge in [0, 0.05) is 17.4 Å². The van der Waals surface area contributed by atoms with E-state index in [0.29, 0.717) is 5.56 Å². The van der Waals surface area contributed by atoms with Crippen LogP contribution in [0.2, 0.25) is 0 Å². The number of ether oxygens (including phenoxy) is 4. The van der Waals surface area contributed by atoms with Gasteiger partial charge in [-0.15, -0.1) is 6.58 Å². The van der Waals surface area contributed by atoms with Gasteiger partial charge in [0.1, 0.15) is 30.5 Å². The minimum atomic E-state index is -1.68. The molecule has 3 aliphatic rings. The molecule has 0 amide bonds. The second-order valence-electron chi connectivity index (χ2n) is 8.89. The smallest absolute Gasteiger partial charge is 0.371 e. The number of esters is 1. The number of carbonyl (C=O) groups is 2. The molecule has 1 aromatic rings. The molecule has 4 rings (SSSR count). The quantitative estimate of drug-likeness (QED) is 0.121. The van der Waals surface area contributed by atoms with Crippen LogP contribution in [0.4, 0.5) is 0 Å². The van der Waals surface area contributed by atoms with Crippen molar-refractivity contribution in [2.45, 2.75) is 49.5 Å². The molecule has 12 nitrogen and oxygen atoms in total. The third kappa shape index (κ3) is 5.12. The van der Waals surface area contributed by atoms with Crippen LogP contribution in [0.15, 0.2) is 60.6 Å². The third-order valence-corrected chi connectivity index (χ3v) is 6.71. The molecular formula is C25H28O12. The number of aliphatic carboxylic acids is 1. The molecule has 200 valence electrons. The highest BCUT2D eigenvalue weighted by atomic mass is 16.8. The van der Waals surface area contributed by atoms with E-state index >= 15 is 0 Å². The minimum absolute atomic E-state index is 0.0354. The molecule has 37 heavy (non-hydrogen) atoms. The fourth-order valence-electron chi connectivity index (χ4n) is 4.77. The van der Waals surface area contributed by atoms with Crippen molar-refractivity contribution in [2.75, 3.05) is 6.61 Å². The molecule has 9 atom stereocenters. The largest absolute Gasteiger partial charge is 0.502 e. The first kappa shape index (κ1) is 26.8. The number of benzene rings is 1. The van der Waals surface area contributed by atoms with Gasteiger partial charge in [0.05, 0.1) is 18.4 Å². The molecule has 0 saturated carbocycles. The van der Waals surface area contributed by atoms with Crippen LogP contribution >= 0.6 is 0 Å². The zero-order chi connectivity index (χ0) is 26.9. The summed E-state index contributed by atoms with van der Waals surface area (Å²) >= 11 is 0. The molecular weight excluding hydrogens is 492 g/mol. The van der Waals surface area contributed by atoms with Crippen molar-refractivity contribution < 1.29 is 59.2 Å². The van der Waals surface area contributed by atoms with Gasteiger partial charge >= 0.3 is 11.9 Å². The molecule has 0 aliphatic carbocycles. The van der Waals surface area contributed by atoms with E-state index in [0.717, 1.165) is 6.26 Å². The second-order valence-corrected chi connectivity index (χ2v) is 8.89. The van der Waals surface area contributed by atoms with Crippen LogP contribution in [0.3, 0.4) is 0 Å². The van der Waals surface area contributed by atoms with E-state index < -0.39 is 79.2 Å². The Balaban J connectivity index is 1.62. The number of hydrogen-bond donors (Lipinski definition) is 6. The molecule has 0 unspecified atom stereocenters. The number of carboxylic acid groups (broad SMARTS) is 1. The Morgan fingerprint density at radius 3 is 2.41 bits per heavy atom. The summed E-state index contributed by atoms with van der Waals surface area (Å²) in [7, 11) is 0. The summed E-state index contributed by atoms with van der Waals surface area (Å²) in [6.07, 6.45) is -7.34. The number of carboxylic acids is 1. The molecule has 1 aromatic carbocycles. The van der Waals surface area contributed by atoms with Crippen LogP contribution in [0.5, 0.6) is 0 Å². The van der Waals surface area contributed by atoms with E-state index in [-0.39, 0.29) is 17.6 Å². The molecule has 0 spiro atoms. The Kier molecular flexibility index (Phi) is 7.97. The topological polar surface area (TPSA) is 192 Å². The number of hydrogen-bond acceptors (Lipinski definition) is 11. The van der Waals surface area contributed by atoms with Crippen molar-refractivity contribution in [3.8, 4) is 0 Å².